The zero-order chi connectivity index (χ0) is 32.6. The summed E-state index contributed by atoms with van der Waals surface area (Å²) < 4.78 is 223. The summed E-state index contributed by atoms with van der Waals surface area (Å²) in [6.07, 6.45) is -7.18. The smallest absolute Gasteiger partial charge is 0.356 e. The van der Waals surface area contributed by atoms with Gasteiger partial charge in [0.25, 0.3) is 0 Å². The summed E-state index contributed by atoms with van der Waals surface area (Å²) in [6, 6.07) is 0. The molecule has 0 aliphatic heterocycles. The van der Waals surface area contributed by atoms with Crippen molar-refractivity contribution >= 4 is 22.5 Å². The third-order valence-electron chi connectivity index (χ3n) is 6.49. The van der Waals surface area contributed by atoms with Crippen LogP contribution in [-0.2, 0) is 9.47 Å². The maximum atomic E-state index is 14.8. The van der Waals surface area contributed by atoms with Crippen molar-refractivity contribution in [1.29, 1.82) is 0 Å². The van der Waals surface area contributed by atoms with Crippen LogP contribution in [0.2, 0.25) is 6.32 Å². The topological polar surface area (TPSA) is 18.5 Å². The maximum absolute atomic E-state index is 14.8. The van der Waals surface area contributed by atoms with Crippen LogP contribution in [0.3, 0.4) is 0 Å². The van der Waals surface area contributed by atoms with E-state index >= 15 is 0 Å². The van der Waals surface area contributed by atoms with E-state index in [9.17, 15) is 65.9 Å². The molecule has 43 heavy (non-hydrogen) atoms. The number of halogens is 15. The molecule has 0 spiro atoms. The summed E-state index contributed by atoms with van der Waals surface area (Å²) in [5, 5.41) is 0. The summed E-state index contributed by atoms with van der Waals surface area (Å²) in [5.41, 5.74) is -7.79. The first-order valence-electron chi connectivity index (χ1n) is 11.2. The van der Waals surface area contributed by atoms with Gasteiger partial charge in [0.2, 0.25) is 0 Å². The molecule has 0 saturated carbocycles. The van der Waals surface area contributed by atoms with E-state index in [0.717, 1.165) is 0 Å². The van der Waals surface area contributed by atoms with Crippen molar-refractivity contribution in [2.75, 3.05) is 14.2 Å². The molecular formula is C24H15BF15NaO2. The average molecular weight is 654 g/mol. The van der Waals surface area contributed by atoms with Crippen LogP contribution in [0.4, 0.5) is 65.9 Å². The largest absolute Gasteiger partial charge is 1.00 e. The Morgan fingerprint density at radius 2 is 0.581 bits per heavy atom. The molecule has 0 saturated heterocycles. The number of rotatable bonds is 6. The van der Waals surface area contributed by atoms with Crippen LogP contribution < -0.4 is 45.9 Å². The SMILES string of the molecule is CC[B-](c1c(F)c(F)c(F)c(F)c1F)(c1c(F)c(F)c(F)c(F)c1F)c1c(F)c(F)c(F)c(F)c1F.COC(C)OC.[Na+]. The van der Waals surface area contributed by atoms with Crippen molar-refractivity contribution in [3.8, 4) is 0 Å². The Labute approximate surface area is 255 Å². The van der Waals surface area contributed by atoms with Crippen LogP contribution in [0.15, 0.2) is 0 Å². The summed E-state index contributed by atoms with van der Waals surface area (Å²) in [6.45, 7) is 2.27. The molecule has 3 aromatic rings. The van der Waals surface area contributed by atoms with Gasteiger partial charge in [0.1, 0.15) is 41.0 Å². The van der Waals surface area contributed by atoms with Crippen LogP contribution >= 0.6 is 0 Å². The van der Waals surface area contributed by atoms with Crippen molar-refractivity contribution in [3.63, 3.8) is 0 Å². The van der Waals surface area contributed by atoms with Crippen LogP contribution in [0.5, 0.6) is 0 Å². The minimum Gasteiger partial charge on any atom is -0.356 e. The molecule has 0 unspecified atom stereocenters. The Morgan fingerprint density at radius 3 is 0.698 bits per heavy atom. The third-order valence-corrected chi connectivity index (χ3v) is 6.49. The minimum absolute atomic E-state index is 0. The van der Waals surface area contributed by atoms with Gasteiger partial charge in [-0.05, 0) is 6.92 Å². The molecule has 3 rings (SSSR count). The molecule has 3 aromatic carbocycles. The van der Waals surface area contributed by atoms with Crippen molar-refractivity contribution in [2.24, 2.45) is 0 Å². The first-order chi connectivity index (χ1) is 19.4. The number of hydrogen-bond donors (Lipinski definition) is 0. The van der Waals surface area contributed by atoms with Gasteiger partial charge < -0.3 is 9.47 Å². The predicted molar refractivity (Wildman–Crippen MR) is 117 cm³/mol. The molecule has 0 aliphatic rings. The number of hydrogen-bond acceptors (Lipinski definition) is 2. The monoisotopic (exact) mass is 654 g/mol. The first kappa shape index (κ1) is 38.6. The predicted octanol–water partition coefficient (Wildman–Crippen LogP) is 2.89. The average Bonchev–Trinajstić information content (AvgIpc) is 2.98. The normalized spacial score (nSPS) is 11.4. The molecule has 0 bridgehead atoms. The molecule has 0 N–H and O–H groups in total. The van der Waals surface area contributed by atoms with Crippen LogP contribution in [0, 0.1) is 87.3 Å². The van der Waals surface area contributed by atoms with Gasteiger partial charge in [-0.25, -0.2) is 65.9 Å². The fraction of sp³-hybridized carbons (Fsp3) is 0.250. The van der Waals surface area contributed by atoms with E-state index in [-0.39, 0.29) is 35.8 Å². The molecule has 0 radical (unpaired) electrons. The molecule has 0 heterocycles. The quantitative estimate of drug-likeness (QED) is 0.134. The van der Waals surface area contributed by atoms with Gasteiger partial charge >= 0.3 is 29.6 Å². The van der Waals surface area contributed by atoms with E-state index < -0.39 is 116 Å². The Kier molecular flexibility index (Phi) is 13.1. The summed E-state index contributed by atoms with van der Waals surface area (Å²) in [4.78, 5) is 0. The van der Waals surface area contributed by atoms with Gasteiger partial charge in [0.05, 0.1) is 0 Å². The Morgan fingerprint density at radius 1 is 0.419 bits per heavy atom. The van der Waals surface area contributed by atoms with Gasteiger partial charge in [-0.3, -0.25) is 0 Å². The number of methoxy groups -OCH3 is 2. The molecule has 0 atom stereocenters. The van der Waals surface area contributed by atoms with E-state index in [0.29, 0.717) is 6.92 Å². The molecule has 2 nitrogen and oxygen atoms in total. The molecular weight excluding hydrogens is 639 g/mol. The Balaban J connectivity index is 0.00000120. The first-order valence-corrected chi connectivity index (χ1v) is 11.2. The summed E-state index contributed by atoms with van der Waals surface area (Å²) >= 11 is 0. The van der Waals surface area contributed by atoms with E-state index in [1.165, 1.54) is 0 Å². The van der Waals surface area contributed by atoms with E-state index in [1.807, 2.05) is 6.92 Å². The fourth-order valence-corrected chi connectivity index (χ4v) is 4.31. The van der Waals surface area contributed by atoms with Gasteiger partial charge in [-0.1, -0.05) is 6.92 Å². The molecule has 232 valence electrons. The maximum Gasteiger partial charge on any atom is 1.00 e. The van der Waals surface area contributed by atoms with Gasteiger partial charge in [-0.2, -0.15) is 6.32 Å². The zero-order valence-corrected chi connectivity index (χ0v) is 24.3. The zero-order valence-electron chi connectivity index (χ0n) is 22.3. The second-order valence-corrected chi connectivity index (χ2v) is 8.44. The second kappa shape index (κ2) is 14.6. The Hall–Kier alpha value is -2.41. The fourth-order valence-electron chi connectivity index (χ4n) is 4.31. The van der Waals surface area contributed by atoms with Crippen molar-refractivity contribution in [2.45, 2.75) is 26.5 Å². The minimum atomic E-state index is -5.40. The molecule has 0 fully saturated rings. The van der Waals surface area contributed by atoms with Crippen molar-refractivity contribution in [1.82, 2.24) is 0 Å². The molecule has 0 aliphatic carbocycles. The second-order valence-electron chi connectivity index (χ2n) is 8.44. The van der Waals surface area contributed by atoms with Crippen molar-refractivity contribution in [3.05, 3.63) is 87.3 Å². The van der Waals surface area contributed by atoms with Crippen LogP contribution in [-0.4, -0.2) is 26.7 Å². The van der Waals surface area contributed by atoms with Gasteiger partial charge in [-0.15, -0.1) is 16.4 Å². The van der Waals surface area contributed by atoms with Crippen LogP contribution in [0.1, 0.15) is 13.8 Å². The molecule has 0 amide bonds. The number of ether oxygens (including phenoxy) is 2. The summed E-state index contributed by atoms with van der Waals surface area (Å²) in [7, 11) is 3.21. The standard InChI is InChI=1S/C20H5BF15.C4H10O2.Na/c1-2-21(3-6(22)12(28)18(34)13(29)7(3)23,4-8(24)14(30)19(35)15(31)9(4)25)5-10(26)16(32)20(36)17(33)11(5)27;1-4(5-2)6-3;/h2H2,1H3;4H,1-3H3;/q-1;;+1. The molecule has 19 heteroatoms. The van der Waals surface area contributed by atoms with Crippen LogP contribution in [0.25, 0.3) is 0 Å². The third kappa shape index (κ3) is 6.25. The summed E-state index contributed by atoms with van der Waals surface area (Å²) in [5.74, 6) is -44.9. The number of benzene rings is 3. The van der Waals surface area contributed by atoms with Crippen molar-refractivity contribution < 1.29 is 105 Å². The van der Waals surface area contributed by atoms with Gasteiger partial charge in [0, 0.05) is 14.2 Å². The van der Waals surface area contributed by atoms with E-state index in [4.69, 9.17) is 0 Å². The Bertz CT molecular complexity index is 1280. The molecule has 0 aromatic heterocycles. The van der Waals surface area contributed by atoms with Gasteiger partial charge in [0.15, 0.2) is 58.6 Å². The van der Waals surface area contributed by atoms with E-state index in [1.54, 1.807) is 14.2 Å². The van der Waals surface area contributed by atoms with E-state index in [2.05, 4.69) is 9.47 Å².